The van der Waals surface area contributed by atoms with Crippen LogP contribution in [0.4, 0.5) is 22.1 Å². The molecule has 0 unspecified atom stereocenters. The fourth-order valence-electron chi connectivity index (χ4n) is 4.88. The van der Waals surface area contributed by atoms with E-state index < -0.39 is 0 Å². The number of hydrogen-bond donors (Lipinski definition) is 2. The zero-order valence-electron chi connectivity index (χ0n) is 25.7. The van der Waals surface area contributed by atoms with Gasteiger partial charge in [0.25, 0.3) is 0 Å². The van der Waals surface area contributed by atoms with Crippen molar-refractivity contribution in [2.45, 2.75) is 39.5 Å². The smallest absolute Gasteiger partial charge is 0.324 e. The molecule has 0 aliphatic carbocycles. The van der Waals surface area contributed by atoms with E-state index in [1.165, 1.54) is 0 Å². The van der Waals surface area contributed by atoms with Crippen LogP contribution in [0.15, 0.2) is 79.1 Å². The summed E-state index contributed by atoms with van der Waals surface area (Å²) in [6.07, 6.45) is 4.59. The molecule has 0 saturated carbocycles. The number of aromatic nitrogens is 4. The number of nitrogens with one attached hydrogen (secondary N) is 2. The Morgan fingerprint density at radius 2 is 1.74 bits per heavy atom. The summed E-state index contributed by atoms with van der Waals surface area (Å²) in [6.45, 7) is 9.80. The summed E-state index contributed by atoms with van der Waals surface area (Å²) < 4.78 is 6.89. The van der Waals surface area contributed by atoms with Crippen LogP contribution in [0.1, 0.15) is 38.6 Å². The molecule has 0 bridgehead atoms. The Morgan fingerprint density at radius 3 is 2.42 bits per heavy atom. The summed E-state index contributed by atoms with van der Waals surface area (Å²) >= 11 is 0. The number of aryl methyl sites for hydroxylation is 1. The van der Waals surface area contributed by atoms with Crippen molar-refractivity contribution in [3.05, 3.63) is 90.5 Å². The maximum absolute atomic E-state index is 13.4. The summed E-state index contributed by atoms with van der Waals surface area (Å²) in [5, 5.41) is 12.8. The summed E-state index contributed by atoms with van der Waals surface area (Å²) in [4.78, 5) is 24.6. The van der Waals surface area contributed by atoms with Gasteiger partial charge >= 0.3 is 6.03 Å². The molecule has 0 fully saturated rings. The number of amides is 2. The van der Waals surface area contributed by atoms with Gasteiger partial charge in [-0.25, -0.2) is 14.5 Å². The van der Waals surface area contributed by atoms with Crippen molar-refractivity contribution in [2.24, 2.45) is 0 Å². The predicted molar refractivity (Wildman–Crippen MR) is 174 cm³/mol. The van der Waals surface area contributed by atoms with Crippen molar-refractivity contribution in [3.63, 3.8) is 0 Å². The number of carbonyl (C=O) groups is 1. The van der Waals surface area contributed by atoms with Gasteiger partial charge < -0.3 is 15.0 Å². The molecule has 43 heavy (non-hydrogen) atoms. The van der Waals surface area contributed by atoms with Gasteiger partial charge in [-0.05, 0) is 54.6 Å². The Bertz CT molecular complexity index is 1700. The summed E-state index contributed by atoms with van der Waals surface area (Å²) in [6, 6.07) is 21.6. The molecule has 9 heteroatoms. The number of methoxy groups -OCH3 is 1. The lowest BCUT2D eigenvalue weighted by molar-refractivity contribution is 0.196. The average Bonchev–Trinajstić information content (AvgIpc) is 3.42. The highest BCUT2D eigenvalue weighted by atomic mass is 16.5. The van der Waals surface area contributed by atoms with Crippen LogP contribution in [-0.2, 0) is 10.2 Å². The third-order valence-electron chi connectivity index (χ3n) is 7.32. The first-order chi connectivity index (χ1) is 20.6. The molecule has 9 nitrogen and oxygen atoms in total. The standard InChI is InChI=1S/C34H39N7O2/c1-23-12-14-25(22-35-23)41-32(20-30(39-41)34(2,3)4)38-33(42)37-29-16-15-26(27-10-7-8-11-28(27)29)24-13-17-31(36-21-24)40(5)18-9-19-43-6/h7-8,10-17,20-22H,9,18-19H2,1-6H3,(H2,37,38,42). The second kappa shape index (κ2) is 12.6. The predicted octanol–water partition coefficient (Wildman–Crippen LogP) is 7.21. The molecule has 2 amide bonds. The molecule has 2 N–H and O–H groups in total. The van der Waals surface area contributed by atoms with Crippen molar-refractivity contribution in [3.8, 4) is 16.8 Å². The van der Waals surface area contributed by atoms with Crippen LogP contribution in [0.2, 0.25) is 0 Å². The van der Waals surface area contributed by atoms with Gasteiger partial charge in [0.15, 0.2) is 0 Å². The van der Waals surface area contributed by atoms with E-state index in [4.69, 9.17) is 14.8 Å². The maximum Gasteiger partial charge on any atom is 0.324 e. The van der Waals surface area contributed by atoms with Crippen LogP contribution in [0.25, 0.3) is 27.6 Å². The monoisotopic (exact) mass is 577 g/mol. The molecule has 5 aromatic rings. The quantitative estimate of drug-likeness (QED) is 0.180. The number of nitrogens with zero attached hydrogens (tertiary/aromatic N) is 5. The largest absolute Gasteiger partial charge is 0.385 e. The fraction of sp³-hybridized carbons (Fsp3) is 0.294. The molecule has 0 saturated heterocycles. The Labute approximate surface area is 252 Å². The van der Waals surface area contributed by atoms with Gasteiger partial charge in [-0.15, -0.1) is 0 Å². The van der Waals surface area contributed by atoms with Crippen LogP contribution < -0.4 is 15.5 Å². The van der Waals surface area contributed by atoms with E-state index in [1.54, 1.807) is 18.0 Å². The fourth-order valence-corrected chi connectivity index (χ4v) is 4.88. The molecular weight excluding hydrogens is 538 g/mol. The SMILES string of the molecule is COCCCN(C)c1ccc(-c2ccc(NC(=O)Nc3cc(C(C)(C)C)nn3-c3ccc(C)nc3)c3ccccc23)cn1. The van der Waals surface area contributed by atoms with Gasteiger partial charge in [-0.3, -0.25) is 10.3 Å². The molecule has 0 radical (unpaired) electrons. The molecule has 2 aromatic carbocycles. The van der Waals surface area contributed by atoms with Gasteiger partial charge in [-0.1, -0.05) is 51.1 Å². The second-order valence-corrected chi connectivity index (χ2v) is 11.7. The number of hydrogen-bond acceptors (Lipinski definition) is 6. The van der Waals surface area contributed by atoms with Crippen molar-refractivity contribution in [1.29, 1.82) is 0 Å². The molecule has 3 heterocycles. The van der Waals surface area contributed by atoms with Crippen LogP contribution in [0.3, 0.4) is 0 Å². The van der Waals surface area contributed by atoms with Gasteiger partial charge in [0.2, 0.25) is 0 Å². The topological polar surface area (TPSA) is 97.2 Å². The normalized spacial score (nSPS) is 11.5. The third kappa shape index (κ3) is 6.84. The zero-order valence-corrected chi connectivity index (χ0v) is 25.7. The van der Waals surface area contributed by atoms with Crippen molar-refractivity contribution in [1.82, 2.24) is 19.7 Å². The molecule has 0 aliphatic heterocycles. The van der Waals surface area contributed by atoms with Gasteiger partial charge in [-0.2, -0.15) is 5.10 Å². The first kappa shape index (κ1) is 29.7. The third-order valence-corrected chi connectivity index (χ3v) is 7.32. The van der Waals surface area contributed by atoms with E-state index in [2.05, 4.69) is 53.4 Å². The van der Waals surface area contributed by atoms with E-state index >= 15 is 0 Å². The van der Waals surface area contributed by atoms with Crippen molar-refractivity contribution in [2.75, 3.05) is 42.8 Å². The molecule has 0 atom stereocenters. The lowest BCUT2D eigenvalue weighted by Crippen LogP contribution is -2.21. The van der Waals surface area contributed by atoms with Crippen LogP contribution in [0, 0.1) is 6.92 Å². The Balaban J connectivity index is 1.39. The molecule has 5 rings (SSSR count). The number of carbonyl (C=O) groups excluding carboxylic acids is 1. The number of fused-ring (bicyclic) bond motifs is 1. The summed E-state index contributed by atoms with van der Waals surface area (Å²) in [5.41, 5.74) is 5.10. The van der Waals surface area contributed by atoms with E-state index in [1.807, 2.05) is 74.8 Å². The lowest BCUT2D eigenvalue weighted by Gasteiger charge is -2.18. The minimum Gasteiger partial charge on any atom is -0.385 e. The maximum atomic E-state index is 13.4. The molecule has 222 valence electrons. The number of benzene rings is 2. The highest BCUT2D eigenvalue weighted by Gasteiger charge is 2.22. The van der Waals surface area contributed by atoms with Crippen molar-refractivity contribution >= 4 is 34.1 Å². The minimum atomic E-state index is -0.359. The zero-order chi connectivity index (χ0) is 30.6. The highest BCUT2D eigenvalue weighted by molar-refractivity contribution is 6.09. The number of pyridine rings is 2. The summed E-state index contributed by atoms with van der Waals surface area (Å²) in [5.74, 6) is 1.47. The number of urea groups is 1. The van der Waals surface area contributed by atoms with Crippen LogP contribution in [0.5, 0.6) is 0 Å². The first-order valence-corrected chi connectivity index (χ1v) is 14.4. The van der Waals surface area contributed by atoms with E-state index in [0.717, 1.165) is 64.4 Å². The minimum absolute atomic E-state index is 0.200. The second-order valence-electron chi connectivity index (χ2n) is 11.7. The number of rotatable bonds is 9. The van der Waals surface area contributed by atoms with Gasteiger partial charge in [0.05, 0.1) is 23.3 Å². The molecule has 3 aromatic heterocycles. The Hall–Kier alpha value is -4.76. The van der Waals surface area contributed by atoms with Crippen molar-refractivity contribution < 1.29 is 9.53 Å². The van der Waals surface area contributed by atoms with E-state index in [-0.39, 0.29) is 11.4 Å². The Morgan fingerprint density at radius 1 is 0.953 bits per heavy atom. The van der Waals surface area contributed by atoms with E-state index in [0.29, 0.717) is 11.5 Å². The first-order valence-electron chi connectivity index (χ1n) is 14.4. The van der Waals surface area contributed by atoms with Crippen LogP contribution in [-0.4, -0.2) is 53.1 Å². The van der Waals surface area contributed by atoms with Gasteiger partial charge in [0.1, 0.15) is 11.6 Å². The highest BCUT2D eigenvalue weighted by Crippen LogP contribution is 2.34. The lowest BCUT2D eigenvalue weighted by atomic mass is 9.92. The van der Waals surface area contributed by atoms with E-state index in [9.17, 15) is 4.79 Å². The molecule has 0 spiro atoms. The number of ether oxygens (including phenoxy) is 1. The molecular formula is C34H39N7O2. The van der Waals surface area contributed by atoms with Crippen LogP contribution >= 0.6 is 0 Å². The number of anilines is 3. The summed E-state index contributed by atoms with van der Waals surface area (Å²) in [7, 11) is 3.75. The van der Waals surface area contributed by atoms with Gasteiger partial charge in [0, 0.05) is 61.6 Å². The average molecular weight is 578 g/mol. The Kier molecular flexibility index (Phi) is 8.73. The molecule has 0 aliphatic rings.